The van der Waals surface area contributed by atoms with Crippen LogP contribution in [0, 0.1) is 13.8 Å². The third kappa shape index (κ3) is 3.85. The van der Waals surface area contributed by atoms with Gasteiger partial charge in [-0.1, -0.05) is 0 Å². The first kappa shape index (κ1) is 18.4. The molecule has 4 rings (SSSR count). The number of nitrogens with zero attached hydrogens (tertiary/aromatic N) is 3. The molecule has 3 aromatic heterocycles. The Kier molecular flexibility index (Phi) is 5.43. The maximum atomic E-state index is 9.51. The maximum absolute atomic E-state index is 9.51. The first-order valence-electron chi connectivity index (χ1n) is 9.55. The predicted molar refractivity (Wildman–Crippen MR) is 108 cm³/mol. The Morgan fingerprint density at radius 3 is 2.81 bits per heavy atom. The van der Waals surface area contributed by atoms with Crippen molar-refractivity contribution in [2.45, 2.75) is 45.7 Å². The number of hydrogen-bond acceptors (Lipinski definition) is 7. The molecule has 0 aliphatic carbocycles. The molecule has 3 aromatic rings. The fourth-order valence-electron chi connectivity index (χ4n) is 3.68. The van der Waals surface area contributed by atoms with Gasteiger partial charge >= 0.3 is 0 Å². The van der Waals surface area contributed by atoms with Crippen LogP contribution < -0.4 is 5.32 Å². The van der Waals surface area contributed by atoms with Gasteiger partial charge < -0.3 is 14.8 Å². The Morgan fingerprint density at radius 1 is 1.30 bits per heavy atom. The second kappa shape index (κ2) is 7.96. The van der Waals surface area contributed by atoms with Gasteiger partial charge in [-0.3, -0.25) is 4.90 Å². The van der Waals surface area contributed by atoms with Crippen LogP contribution in [0.3, 0.4) is 0 Å². The lowest BCUT2D eigenvalue weighted by molar-refractivity contribution is 0.273. The highest BCUT2D eigenvalue weighted by molar-refractivity contribution is 7.18. The van der Waals surface area contributed by atoms with E-state index >= 15 is 0 Å². The first-order chi connectivity index (χ1) is 13.2. The molecule has 1 fully saturated rings. The minimum atomic E-state index is -0.123. The summed E-state index contributed by atoms with van der Waals surface area (Å²) in [5.41, 5.74) is 1.22. The summed E-state index contributed by atoms with van der Waals surface area (Å²) in [5, 5.41) is 14.1. The number of aromatic nitrogens is 2. The average molecular weight is 387 g/mol. The molecule has 1 saturated heterocycles. The third-order valence-corrected chi connectivity index (χ3v) is 6.36. The lowest BCUT2D eigenvalue weighted by atomic mass is 10.1. The molecule has 1 aliphatic heterocycles. The standard InChI is InChI=1S/C20H26N4O2S/c1-13-14(2)27-20-18(13)19(21-15(7-10-25)16-6-5-11-26-16)22-17(23-20)12-24-8-3-4-9-24/h5-6,11,15,25H,3-4,7-10,12H2,1-2H3,(H,21,22,23). The van der Waals surface area contributed by atoms with Crippen LogP contribution >= 0.6 is 11.3 Å². The Labute approximate surface area is 163 Å². The van der Waals surface area contributed by atoms with Gasteiger partial charge in [0, 0.05) is 11.5 Å². The zero-order valence-electron chi connectivity index (χ0n) is 15.9. The molecule has 0 aromatic carbocycles. The molecule has 0 radical (unpaired) electrons. The topological polar surface area (TPSA) is 74.4 Å². The minimum Gasteiger partial charge on any atom is -0.467 e. The Hall–Kier alpha value is -1.96. The monoisotopic (exact) mass is 386 g/mol. The molecular formula is C20H26N4O2S. The number of anilines is 1. The molecule has 6 nitrogen and oxygen atoms in total. The van der Waals surface area contributed by atoms with E-state index in [1.807, 2.05) is 12.1 Å². The van der Waals surface area contributed by atoms with Gasteiger partial charge in [0.1, 0.15) is 22.2 Å². The van der Waals surface area contributed by atoms with E-state index in [-0.39, 0.29) is 12.6 Å². The highest BCUT2D eigenvalue weighted by Gasteiger charge is 2.21. The molecule has 0 bridgehead atoms. The van der Waals surface area contributed by atoms with E-state index in [0.717, 1.165) is 47.3 Å². The van der Waals surface area contributed by atoms with Crippen LogP contribution in [0.4, 0.5) is 5.82 Å². The second-order valence-electron chi connectivity index (χ2n) is 7.16. The normalized spacial score (nSPS) is 16.3. The minimum absolute atomic E-state index is 0.0782. The fraction of sp³-hybridized carbons (Fsp3) is 0.500. The molecular weight excluding hydrogens is 360 g/mol. The number of likely N-dealkylation sites (tertiary alicyclic amines) is 1. The van der Waals surface area contributed by atoms with E-state index < -0.39 is 0 Å². The first-order valence-corrected chi connectivity index (χ1v) is 10.4. The van der Waals surface area contributed by atoms with E-state index in [9.17, 15) is 5.11 Å². The van der Waals surface area contributed by atoms with Crippen LogP contribution in [-0.2, 0) is 6.54 Å². The van der Waals surface area contributed by atoms with Crippen molar-refractivity contribution >= 4 is 27.4 Å². The Bertz CT molecular complexity index is 900. The number of thiophene rings is 1. The highest BCUT2D eigenvalue weighted by atomic mass is 32.1. The third-order valence-electron chi connectivity index (χ3n) is 5.25. The van der Waals surface area contributed by atoms with Crippen LogP contribution in [0.2, 0.25) is 0 Å². The summed E-state index contributed by atoms with van der Waals surface area (Å²) in [5.74, 6) is 2.50. The largest absolute Gasteiger partial charge is 0.467 e. The Balaban J connectivity index is 1.72. The molecule has 27 heavy (non-hydrogen) atoms. The summed E-state index contributed by atoms with van der Waals surface area (Å²) < 4.78 is 5.58. The number of rotatable bonds is 7. The fourth-order valence-corrected chi connectivity index (χ4v) is 4.73. The summed E-state index contributed by atoms with van der Waals surface area (Å²) >= 11 is 1.72. The summed E-state index contributed by atoms with van der Waals surface area (Å²) in [6.45, 7) is 7.35. The molecule has 7 heteroatoms. The van der Waals surface area contributed by atoms with Gasteiger partial charge in [-0.15, -0.1) is 11.3 Å². The van der Waals surface area contributed by atoms with Gasteiger partial charge in [-0.05, 0) is 63.9 Å². The number of aryl methyl sites for hydroxylation is 2. The second-order valence-corrected chi connectivity index (χ2v) is 8.36. The Morgan fingerprint density at radius 2 is 2.11 bits per heavy atom. The number of furan rings is 1. The number of nitrogens with one attached hydrogen (secondary N) is 1. The smallest absolute Gasteiger partial charge is 0.146 e. The van der Waals surface area contributed by atoms with Crippen LogP contribution in [0.1, 0.15) is 47.3 Å². The molecule has 1 aliphatic rings. The van der Waals surface area contributed by atoms with Crippen molar-refractivity contribution in [1.82, 2.24) is 14.9 Å². The van der Waals surface area contributed by atoms with Crippen molar-refractivity contribution in [2.75, 3.05) is 25.0 Å². The molecule has 2 N–H and O–H groups in total. The highest BCUT2D eigenvalue weighted by Crippen LogP contribution is 2.35. The molecule has 0 amide bonds. The SMILES string of the molecule is Cc1sc2nc(CN3CCCC3)nc(NC(CCO)c3ccco3)c2c1C. The molecule has 4 heterocycles. The summed E-state index contributed by atoms with van der Waals surface area (Å²) in [7, 11) is 0. The van der Waals surface area contributed by atoms with Crippen LogP contribution in [0.5, 0.6) is 0 Å². The van der Waals surface area contributed by atoms with E-state index in [1.54, 1.807) is 17.6 Å². The van der Waals surface area contributed by atoms with Gasteiger partial charge in [0.25, 0.3) is 0 Å². The van der Waals surface area contributed by atoms with Crippen LogP contribution in [0.25, 0.3) is 10.2 Å². The van der Waals surface area contributed by atoms with Crippen molar-refractivity contribution in [3.63, 3.8) is 0 Å². The van der Waals surface area contributed by atoms with Crippen molar-refractivity contribution in [3.05, 3.63) is 40.4 Å². The summed E-state index contributed by atoms with van der Waals surface area (Å²) in [6.07, 6.45) is 4.72. The van der Waals surface area contributed by atoms with E-state index in [1.165, 1.54) is 23.3 Å². The zero-order valence-corrected chi connectivity index (χ0v) is 16.7. The van der Waals surface area contributed by atoms with E-state index in [4.69, 9.17) is 14.4 Å². The van der Waals surface area contributed by atoms with Crippen LogP contribution in [-0.4, -0.2) is 39.7 Å². The predicted octanol–water partition coefficient (Wildman–Crippen LogP) is 4.03. The van der Waals surface area contributed by atoms with E-state index in [0.29, 0.717) is 6.42 Å². The number of aliphatic hydroxyl groups excluding tert-OH is 1. The van der Waals surface area contributed by atoms with Crippen molar-refractivity contribution in [3.8, 4) is 0 Å². The van der Waals surface area contributed by atoms with Crippen molar-refractivity contribution in [1.29, 1.82) is 0 Å². The average Bonchev–Trinajstić information content (AvgIpc) is 3.38. The number of hydrogen-bond donors (Lipinski definition) is 2. The molecule has 1 atom stereocenters. The van der Waals surface area contributed by atoms with Crippen LogP contribution in [0.15, 0.2) is 22.8 Å². The summed E-state index contributed by atoms with van der Waals surface area (Å²) in [6, 6.07) is 3.68. The molecule has 144 valence electrons. The van der Waals surface area contributed by atoms with Gasteiger partial charge in [-0.2, -0.15) is 0 Å². The summed E-state index contributed by atoms with van der Waals surface area (Å²) in [4.78, 5) is 14.4. The quantitative estimate of drug-likeness (QED) is 0.638. The lowest BCUT2D eigenvalue weighted by Gasteiger charge is -2.19. The van der Waals surface area contributed by atoms with Gasteiger partial charge in [0.2, 0.25) is 0 Å². The van der Waals surface area contributed by atoms with Crippen molar-refractivity contribution < 1.29 is 9.52 Å². The molecule has 1 unspecified atom stereocenters. The number of fused-ring (bicyclic) bond motifs is 1. The molecule has 0 saturated carbocycles. The van der Waals surface area contributed by atoms with Gasteiger partial charge in [0.05, 0.1) is 24.2 Å². The lowest BCUT2D eigenvalue weighted by Crippen LogP contribution is -2.21. The molecule has 0 spiro atoms. The van der Waals surface area contributed by atoms with E-state index in [2.05, 4.69) is 24.1 Å². The maximum Gasteiger partial charge on any atom is 0.146 e. The van der Waals surface area contributed by atoms with Crippen molar-refractivity contribution in [2.24, 2.45) is 0 Å². The zero-order chi connectivity index (χ0) is 18.8. The number of aliphatic hydroxyl groups is 1. The van der Waals surface area contributed by atoms with Gasteiger partial charge in [0.15, 0.2) is 0 Å². The van der Waals surface area contributed by atoms with Gasteiger partial charge in [-0.25, -0.2) is 9.97 Å².